The molecule has 119 heavy (non-hydrogen) atoms. The second-order valence-corrected chi connectivity index (χ2v) is 44.8. The van der Waals surface area contributed by atoms with Gasteiger partial charge in [0, 0.05) is 0 Å². The molecule has 12 saturated carbocycles. The first kappa shape index (κ1) is 104. The highest BCUT2D eigenvalue weighted by atomic mass is 14.4. The summed E-state index contributed by atoms with van der Waals surface area (Å²) in [4.78, 5) is 0. The summed E-state index contributed by atoms with van der Waals surface area (Å²) in [5.41, 5.74) is 0. The summed E-state index contributed by atoms with van der Waals surface area (Å²) < 4.78 is 0. The number of rotatable bonds is 38. The summed E-state index contributed by atoms with van der Waals surface area (Å²) in [6, 6.07) is 0. The Kier molecular flexibility index (Phi) is 57.9. The molecule has 0 saturated heterocycles. The average molecular weight is 1650 g/mol. The molecule has 0 atom stereocenters. The van der Waals surface area contributed by atoms with Gasteiger partial charge in [-0.3, -0.25) is 0 Å². The molecule has 12 rings (SSSR count). The van der Waals surface area contributed by atoms with E-state index in [-0.39, 0.29) is 0 Å². The molecule has 0 aromatic rings. The third-order valence-corrected chi connectivity index (χ3v) is 36.9. The molecule has 12 fully saturated rings. The van der Waals surface area contributed by atoms with Crippen LogP contribution < -0.4 is 0 Å². The number of hydrogen-bond donors (Lipinski definition) is 0. The summed E-state index contributed by atoms with van der Waals surface area (Å²) in [7, 11) is 0. The number of allylic oxidation sites excluding steroid dienone is 9. The maximum Gasteiger partial charge on any atom is -0.0348 e. The summed E-state index contributed by atoms with van der Waals surface area (Å²) in [6.45, 7) is 32.1. The van der Waals surface area contributed by atoms with Crippen LogP contribution in [0.1, 0.15) is 537 Å². The number of unbranched alkanes of at least 4 members (excludes halogenated alkanes) is 4. The van der Waals surface area contributed by atoms with Crippen LogP contribution in [0.5, 0.6) is 0 Å². The summed E-state index contributed by atoms with van der Waals surface area (Å²) >= 11 is 0. The van der Waals surface area contributed by atoms with Gasteiger partial charge in [0.25, 0.3) is 0 Å². The van der Waals surface area contributed by atoms with Crippen LogP contribution in [-0.2, 0) is 0 Å². The van der Waals surface area contributed by atoms with Crippen molar-refractivity contribution < 1.29 is 0 Å². The van der Waals surface area contributed by atoms with Crippen molar-refractivity contribution in [2.24, 2.45) is 142 Å². The van der Waals surface area contributed by atoms with Crippen molar-refractivity contribution in [2.45, 2.75) is 537 Å². The smallest absolute Gasteiger partial charge is 0.0348 e. The molecular formula is C119H214. The van der Waals surface area contributed by atoms with Gasteiger partial charge in [0.15, 0.2) is 0 Å². The van der Waals surface area contributed by atoms with E-state index in [4.69, 9.17) is 0 Å². The van der Waals surface area contributed by atoms with E-state index in [9.17, 15) is 0 Å². The van der Waals surface area contributed by atoms with Gasteiger partial charge in [0.2, 0.25) is 0 Å². The Bertz CT molecular complexity index is 2410. The van der Waals surface area contributed by atoms with Gasteiger partial charge in [-0.25, -0.2) is 0 Å². The summed E-state index contributed by atoms with van der Waals surface area (Å²) in [6.07, 6.45) is 130. The normalized spacial score (nSPS) is 35.4. The fourth-order valence-electron chi connectivity index (χ4n) is 28.4. The van der Waals surface area contributed by atoms with Crippen LogP contribution in [0.4, 0.5) is 0 Å². The van der Waals surface area contributed by atoms with Gasteiger partial charge in [-0.05, 0) is 394 Å². The van der Waals surface area contributed by atoms with E-state index >= 15 is 0 Å². The van der Waals surface area contributed by atoms with E-state index in [1.165, 1.54) is 321 Å². The molecule has 690 valence electrons. The first-order chi connectivity index (χ1) is 58.5. The molecule has 0 aliphatic heterocycles. The average Bonchev–Trinajstić information content (AvgIpc) is 0.910. The zero-order valence-electron chi connectivity index (χ0n) is 82.5. The zero-order valence-corrected chi connectivity index (χ0v) is 82.5. The van der Waals surface area contributed by atoms with Crippen molar-refractivity contribution >= 4 is 0 Å². The van der Waals surface area contributed by atoms with Crippen LogP contribution >= 0.6 is 0 Å². The Hall–Kier alpha value is -1.56. The molecule has 0 heteroatoms. The van der Waals surface area contributed by atoms with E-state index < -0.39 is 0 Å². The largest absolute Gasteiger partial charge is 0.103 e. The Morgan fingerprint density at radius 3 is 0.462 bits per heavy atom. The highest BCUT2D eigenvalue weighted by Crippen LogP contribution is 2.50. The molecule has 12 aliphatic rings. The van der Waals surface area contributed by atoms with Crippen LogP contribution in [0.15, 0.2) is 74.4 Å². The molecule has 0 aromatic heterocycles. The van der Waals surface area contributed by atoms with Gasteiger partial charge in [-0.2, -0.15) is 0 Å². The van der Waals surface area contributed by atoms with Crippen LogP contribution in [0.3, 0.4) is 0 Å². The third kappa shape index (κ3) is 42.5. The zero-order chi connectivity index (χ0) is 84.5. The minimum absolute atomic E-state index is 1.02. The van der Waals surface area contributed by atoms with E-state index in [1.54, 1.807) is 154 Å². The molecule has 0 heterocycles. The Balaban J connectivity index is 0.000000197. The lowest BCUT2D eigenvalue weighted by Gasteiger charge is -2.38. The fraction of sp³-hybridized carbons (Fsp3) is 0.899. The van der Waals surface area contributed by atoms with Crippen LogP contribution in [-0.4, -0.2) is 0 Å². The fourth-order valence-corrected chi connectivity index (χ4v) is 28.4. The first-order valence-electron chi connectivity index (χ1n) is 56.1. The van der Waals surface area contributed by atoms with Crippen molar-refractivity contribution in [3.8, 4) is 0 Å². The van der Waals surface area contributed by atoms with Crippen molar-refractivity contribution in [3.63, 3.8) is 0 Å². The first-order valence-corrected chi connectivity index (χ1v) is 56.1. The van der Waals surface area contributed by atoms with Crippen LogP contribution in [0, 0.1) is 142 Å². The molecule has 0 aromatic carbocycles. The maximum atomic E-state index is 3.87. The summed E-state index contributed by atoms with van der Waals surface area (Å²) in [5, 5.41) is 0. The molecule has 0 bridgehead atoms. The van der Waals surface area contributed by atoms with Gasteiger partial charge < -0.3 is 0 Å². The highest BCUT2D eigenvalue weighted by molar-refractivity contribution is 4.92. The molecule has 0 nitrogen and oxygen atoms in total. The third-order valence-electron chi connectivity index (χ3n) is 36.9. The lowest BCUT2D eigenvalue weighted by molar-refractivity contribution is 0.140. The Labute approximate surface area is 749 Å². The monoisotopic (exact) mass is 1640 g/mol. The highest BCUT2D eigenvalue weighted by Gasteiger charge is 2.37. The van der Waals surface area contributed by atoms with Gasteiger partial charge in [0.1, 0.15) is 0 Å². The molecule has 0 N–H and O–H groups in total. The topological polar surface area (TPSA) is 0 Å². The van der Waals surface area contributed by atoms with Gasteiger partial charge >= 0.3 is 0 Å². The van der Waals surface area contributed by atoms with E-state index in [1.807, 2.05) is 0 Å². The van der Waals surface area contributed by atoms with Crippen LogP contribution in [0.25, 0.3) is 0 Å². The Morgan fingerprint density at radius 2 is 0.319 bits per heavy atom. The predicted molar refractivity (Wildman–Crippen MR) is 534 cm³/mol. The van der Waals surface area contributed by atoms with Crippen LogP contribution in [0.2, 0.25) is 0 Å². The molecule has 0 amide bonds. The quantitative estimate of drug-likeness (QED) is 0.0427. The molecule has 0 spiro atoms. The van der Waals surface area contributed by atoms with Crippen molar-refractivity contribution in [1.82, 2.24) is 0 Å². The molecule has 12 aliphatic carbocycles. The SMILES string of the molecule is C/C=C/CCC1CCC(C2CCC(CC)CC2)CC1.C/C=C/CCC1CCC(C2CCC(CCC)CC2)CC1.C/C=C/CCC1CCC(C2CCC(CCCCC)CC2)CC1.C=CCCC1CCC(C2CCC(CC)CC2)CC1.C=CCCC1CCC(C2CCC(CCC)CC2)CC1.C=CCCC1CCC(C2CCC(CCCCC)CC2)CC1. The van der Waals surface area contributed by atoms with E-state index in [0.29, 0.717) is 0 Å². The lowest BCUT2D eigenvalue weighted by atomic mass is 9.68. The number of hydrogen-bond acceptors (Lipinski definition) is 0. The minimum Gasteiger partial charge on any atom is -0.103 e. The van der Waals surface area contributed by atoms with Gasteiger partial charge in [0.05, 0.1) is 0 Å². The van der Waals surface area contributed by atoms with E-state index in [2.05, 4.69) is 137 Å². The van der Waals surface area contributed by atoms with E-state index in [0.717, 1.165) is 142 Å². The van der Waals surface area contributed by atoms with Gasteiger partial charge in [-0.15, -0.1) is 19.7 Å². The maximum absolute atomic E-state index is 3.87. The minimum atomic E-state index is 1.02. The van der Waals surface area contributed by atoms with Crippen molar-refractivity contribution in [1.29, 1.82) is 0 Å². The summed E-state index contributed by atoms with van der Waals surface area (Å²) in [5.74, 6) is 25.7. The molecule has 0 unspecified atom stereocenters. The second-order valence-electron chi connectivity index (χ2n) is 44.8. The lowest BCUT2D eigenvalue weighted by Crippen LogP contribution is -2.25. The van der Waals surface area contributed by atoms with Crippen molar-refractivity contribution in [2.75, 3.05) is 0 Å². The molecule has 0 radical (unpaired) electrons. The van der Waals surface area contributed by atoms with Crippen molar-refractivity contribution in [3.05, 3.63) is 74.4 Å². The van der Waals surface area contributed by atoms with Gasteiger partial charge in [-0.1, -0.05) is 340 Å². The standard InChI is InChI=1S/C22H40.C21H38.C20H36.2C19H34.C18H32/c1-3-5-7-9-19-11-15-21(16-12-19)22-17-13-20(14-18-22)10-8-6-4-2;1-3-5-7-9-19-12-16-21(17-13-19)20-14-10-18(11-15-20)8-6-4-2;1-3-5-6-8-18-11-15-20(16-12-18)19-13-9-17(7-4-2)10-14-19;1-3-5-6-7-17-10-14-19(15-11-17)18-12-8-16(4-2)9-13-18;1-3-5-7-17-10-14-19(15-11-17)18-12-8-16(6-4-2)9-13-18;1-3-5-6-16-9-13-18(14-10-16)17-11-7-15(4-2)8-12-17/h3,5,19-22H,4,6-18H2,1-2H3;4,18-21H,2-3,5-17H2,1H3;3,5,17-20H,4,6-16H2,1-2H3;3,5,16-19H,4,6-15H2,1-2H3;3,16-19H,1,4-15H2,2H3;3,15-18H,1,4-14H2,2H3/b5-3+;;2*5-3+;;. The predicted octanol–water partition coefficient (Wildman–Crippen LogP) is 40.1. The molecular weight excluding hydrogens is 1430 g/mol. The Morgan fingerprint density at radius 1 is 0.168 bits per heavy atom. The second kappa shape index (κ2) is 65.9.